The first-order valence-corrected chi connectivity index (χ1v) is 8.47. The van der Waals surface area contributed by atoms with Gasteiger partial charge in [-0.25, -0.2) is 13.8 Å². The first-order chi connectivity index (χ1) is 13.1. The van der Waals surface area contributed by atoms with Crippen LogP contribution in [0.1, 0.15) is 29.0 Å². The van der Waals surface area contributed by atoms with Gasteiger partial charge in [-0.2, -0.15) is 4.98 Å². The van der Waals surface area contributed by atoms with Gasteiger partial charge in [0, 0.05) is 31.4 Å². The molecule has 0 saturated carbocycles. The molecule has 138 valence electrons. The second-order valence-corrected chi connectivity index (χ2v) is 6.20. The number of likely N-dealkylation sites (tertiary alicyclic amines) is 1. The predicted molar refractivity (Wildman–Crippen MR) is 89.4 cm³/mol. The lowest BCUT2D eigenvalue weighted by Crippen LogP contribution is -2.38. The maximum Gasteiger partial charge on any atom is 0.278 e. The molecule has 0 radical (unpaired) electrons. The van der Waals surface area contributed by atoms with Crippen LogP contribution in [0.15, 0.2) is 41.3 Å². The van der Waals surface area contributed by atoms with Gasteiger partial charge in [-0.3, -0.25) is 9.78 Å². The van der Waals surface area contributed by atoms with Crippen LogP contribution in [0.25, 0.3) is 11.6 Å². The monoisotopic (exact) mass is 371 g/mol. The van der Waals surface area contributed by atoms with Gasteiger partial charge in [0.25, 0.3) is 11.8 Å². The Kier molecular flexibility index (Phi) is 4.57. The van der Waals surface area contributed by atoms with Crippen LogP contribution >= 0.6 is 0 Å². The first kappa shape index (κ1) is 17.2. The minimum absolute atomic E-state index is 0.231. The van der Waals surface area contributed by atoms with Crippen molar-refractivity contribution in [3.8, 4) is 11.6 Å². The van der Waals surface area contributed by atoms with Crippen LogP contribution in [0.4, 0.5) is 8.78 Å². The van der Waals surface area contributed by atoms with Crippen LogP contribution in [-0.2, 0) is 6.42 Å². The number of halogens is 2. The van der Waals surface area contributed by atoms with Gasteiger partial charge in [-0.15, -0.1) is 0 Å². The zero-order valence-corrected chi connectivity index (χ0v) is 14.2. The summed E-state index contributed by atoms with van der Waals surface area (Å²) in [5.41, 5.74) is -0.0817. The Morgan fingerprint density at radius 1 is 1.26 bits per heavy atom. The van der Waals surface area contributed by atoms with E-state index in [0.29, 0.717) is 30.9 Å². The summed E-state index contributed by atoms with van der Waals surface area (Å²) < 4.78 is 33.1. The summed E-state index contributed by atoms with van der Waals surface area (Å²) in [4.78, 5) is 26.5. The molecule has 0 spiro atoms. The van der Waals surface area contributed by atoms with Gasteiger partial charge in [-0.1, -0.05) is 11.2 Å². The second-order valence-electron chi connectivity index (χ2n) is 6.20. The van der Waals surface area contributed by atoms with E-state index in [1.54, 1.807) is 0 Å². The van der Waals surface area contributed by atoms with Crippen LogP contribution in [0, 0.1) is 11.6 Å². The number of amides is 1. The minimum atomic E-state index is -0.866. The molecule has 1 saturated heterocycles. The lowest BCUT2D eigenvalue weighted by molar-refractivity contribution is 0.0725. The summed E-state index contributed by atoms with van der Waals surface area (Å²) >= 11 is 0. The van der Waals surface area contributed by atoms with Crippen LogP contribution in [0.5, 0.6) is 0 Å². The molecule has 1 aliphatic heterocycles. The van der Waals surface area contributed by atoms with E-state index in [-0.39, 0.29) is 11.9 Å². The van der Waals surface area contributed by atoms with Gasteiger partial charge in [0.1, 0.15) is 22.9 Å². The number of carbonyl (C=O) groups excluding carboxylic acids is 1. The molecule has 1 fully saturated rings. The molecule has 0 aliphatic carbocycles. The molecule has 1 unspecified atom stereocenters. The van der Waals surface area contributed by atoms with Crippen molar-refractivity contribution < 1.29 is 18.1 Å². The molecule has 9 heteroatoms. The fourth-order valence-electron chi connectivity index (χ4n) is 3.22. The topological polar surface area (TPSA) is 85.0 Å². The molecule has 4 rings (SSSR count). The van der Waals surface area contributed by atoms with Crippen molar-refractivity contribution in [2.75, 3.05) is 6.54 Å². The van der Waals surface area contributed by atoms with E-state index in [9.17, 15) is 13.6 Å². The Morgan fingerprint density at radius 3 is 2.81 bits per heavy atom. The largest absolute Gasteiger partial charge is 0.335 e. The minimum Gasteiger partial charge on any atom is -0.335 e. The number of carbonyl (C=O) groups is 1. The fourth-order valence-corrected chi connectivity index (χ4v) is 3.22. The highest BCUT2D eigenvalue weighted by Gasteiger charge is 2.33. The Morgan fingerprint density at radius 2 is 2.07 bits per heavy atom. The molecular weight excluding hydrogens is 356 g/mol. The smallest absolute Gasteiger partial charge is 0.278 e. The summed E-state index contributed by atoms with van der Waals surface area (Å²) in [5, 5.41) is 3.92. The standard InChI is InChI=1S/C18H15F2N5O2/c19-12-4-1-5-13(20)16(12)18(26)25-8-2-3-11(25)9-15-23-17(27-24-15)14-10-21-6-7-22-14/h1,4-7,10-11H,2-3,8-9H2. The maximum absolute atomic E-state index is 14.0. The van der Waals surface area contributed by atoms with E-state index in [0.717, 1.165) is 18.6 Å². The Bertz CT molecular complexity index is 943. The van der Waals surface area contributed by atoms with Gasteiger partial charge >= 0.3 is 0 Å². The van der Waals surface area contributed by atoms with Crippen molar-refractivity contribution >= 4 is 5.91 Å². The molecule has 1 atom stereocenters. The van der Waals surface area contributed by atoms with Crippen LogP contribution < -0.4 is 0 Å². The zero-order valence-electron chi connectivity index (χ0n) is 14.2. The van der Waals surface area contributed by atoms with Crippen molar-refractivity contribution in [3.05, 3.63) is 59.8 Å². The lowest BCUT2D eigenvalue weighted by atomic mass is 10.1. The Hall–Kier alpha value is -3.23. The van der Waals surface area contributed by atoms with E-state index in [2.05, 4.69) is 20.1 Å². The number of nitrogens with zero attached hydrogens (tertiary/aromatic N) is 5. The van der Waals surface area contributed by atoms with Gasteiger partial charge in [-0.05, 0) is 25.0 Å². The molecule has 1 aliphatic rings. The van der Waals surface area contributed by atoms with E-state index < -0.39 is 23.1 Å². The van der Waals surface area contributed by atoms with E-state index >= 15 is 0 Å². The summed E-state index contributed by atoms with van der Waals surface area (Å²) in [7, 11) is 0. The highest BCUT2D eigenvalue weighted by atomic mass is 19.1. The van der Waals surface area contributed by atoms with Crippen molar-refractivity contribution in [3.63, 3.8) is 0 Å². The molecule has 2 aromatic heterocycles. The average molecular weight is 371 g/mol. The van der Waals surface area contributed by atoms with E-state index in [4.69, 9.17) is 4.52 Å². The van der Waals surface area contributed by atoms with Gasteiger partial charge < -0.3 is 9.42 Å². The third-order valence-electron chi connectivity index (χ3n) is 4.48. The quantitative estimate of drug-likeness (QED) is 0.701. The molecule has 1 amide bonds. The van der Waals surface area contributed by atoms with E-state index in [1.807, 2.05) is 0 Å². The zero-order chi connectivity index (χ0) is 18.8. The molecule has 3 heterocycles. The van der Waals surface area contributed by atoms with Crippen molar-refractivity contribution in [2.24, 2.45) is 0 Å². The summed E-state index contributed by atoms with van der Waals surface area (Å²) in [6.45, 7) is 0.423. The van der Waals surface area contributed by atoms with Gasteiger partial charge in [0.15, 0.2) is 5.82 Å². The summed E-state index contributed by atoms with van der Waals surface area (Å²) in [6, 6.07) is 3.13. The highest BCUT2D eigenvalue weighted by molar-refractivity contribution is 5.95. The molecule has 0 N–H and O–H groups in total. The Balaban J connectivity index is 1.53. The normalized spacial score (nSPS) is 16.7. The lowest BCUT2D eigenvalue weighted by Gasteiger charge is -2.24. The number of benzene rings is 1. The second kappa shape index (κ2) is 7.18. The number of rotatable bonds is 4. The number of hydrogen-bond donors (Lipinski definition) is 0. The highest BCUT2D eigenvalue weighted by Crippen LogP contribution is 2.25. The molecule has 27 heavy (non-hydrogen) atoms. The molecular formula is C18H15F2N5O2. The molecule has 3 aromatic rings. The van der Waals surface area contributed by atoms with Crippen molar-refractivity contribution in [1.82, 2.24) is 25.0 Å². The van der Waals surface area contributed by atoms with Crippen LogP contribution in [-0.4, -0.2) is 43.5 Å². The first-order valence-electron chi connectivity index (χ1n) is 8.47. The summed E-state index contributed by atoms with van der Waals surface area (Å²) in [5.74, 6) is -1.76. The number of hydrogen-bond acceptors (Lipinski definition) is 6. The maximum atomic E-state index is 14.0. The molecule has 1 aromatic carbocycles. The SMILES string of the molecule is O=C(c1c(F)cccc1F)N1CCCC1Cc1noc(-c2cnccn2)n1. The van der Waals surface area contributed by atoms with Crippen molar-refractivity contribution in [2.45, 2.75) is 25.3 Å². The van der Waals surface area contributed by atoms with Crippen LogP contribution in [0.3, 0.4) is 0 Å². The van der Waals surface area contributed by atoms with Crippen LogP contribution in [0.2, 0.25) is 0 Å². The fraction of sp³-hybridized carbons (Fsp3) is 0.278. The Labute approximate surface area is 153 Å². The number of aromatic nitrogens is 4. The third kappa shape index (κ3) is 3.40. The predicted octanol–water partition coefficient (Wildman–Crippen LogP) is 2.65. The molecule has 7 nitrogen and oxygen atoms in total. The van der Waals surface area contributed by atoms with E-state index in [1.165, 1.54) is 29.6 Å². The van der Waals surface area contributed by atoms with Crippen molar-refractivity contribution in [1.29, 1.82) is 0 Å². The summed E-state index contributed by atoms with van der Waals surface area (Å²) in [6.07, 6.45) is 6.30. The van der Waals surface area contributed by atoms with Gasteiger partial charge in [0.2, 0.25) is 0 Å². The third-order valence-corrected chi connectivity index (χ3v) is 4.48. The molecule has 0 bridgehead atoms. The van der Waals surface area contributed by atoms with Gasteiger partial charge in [0.05, 0.1) is 6.20 Å². The average Bonchev–Trinajstić information content (AvgIpc) is 3.32.